The van der Waals surface area contributed by atoms with Crippen LogP contribution in [0.25, 0.3) is 11.1 Å². The van der Waals surface area contributed by atoms with Crippen LogP contribution in [0.1, 0.15) is 0 Å². The van der Waals surface area contributed by atoms with Crippen molar-refractivity contribution in [2.24, 2.45) is 0 Å². The van der Waals surface area contributed by atoms with E-state index in [9.17, 15) is 9.50 Å². The van der Waals surface area contributed by atoms with Crippen molar-refractivity contribution >= 4 is 23.2 Å². The molecule has 0 bridgehead atoms. The third-order valence-electron chi connectivity index (χ3n) is 2.20. The van der Waals surface area contributed by atoms with Crippen molar-refractivity contribution in [2.75, 3.05) is 0 Å². The van der Waals surface area contributed by atoms with Crippen molar-refractivity contribution in [3.63, 3.8) is 0 Å². The first-order valence-electron chi connectivity index (χ1n) is 4.52. The number of benzene rings is 2. The molecule has 1 nitrogen and oxygen atoms in total. The summed E-state index contributed by atoms with van der Waals surface area (Å²) >= 11 is 11.7. The first-order chi connectivity index (χ1) is 7.59. The third kappa shape index (κ3) is 1.99. The van der Waals surface area contributed by atoms with Crippen LogP contribution >= 0.6 is 23.2 Å². The van der Waals surface area contributed by atoms with Gasteiger partial charge in [0.15, 0.2) is 0 Å². The Bertz CT molecular complexity index is 541. The molecule has 1 N–H and O–H groups in total. The minimum absolute atomic E-state index is 0.119. The smallest absolute Gasteiger partial charge is 0.135 e. The Labute approximate surface area is 102 Å². The summed E-state index contributed by atoms with van der Waals surface area (Å²) in [6.45, 7) is 0. The van der Waals surface area contributed by atoms with Crippen molar-refractivity contribution in [3.8, 4) is 16.9 Å². The Morgan fingerprint density at radius 3 is 2.31 bits per heavy atom. The highest BCUT2D eigenvalue weighted by molar-refractivity contribution is 6.36. The molecule has 82 valence electrons. The molecule has 0 amide bonds. The number of phenols is 1. The zero-order valence-electron chi connectivity index (χ0n) is 8.05. The van der Waals surface area contributed by atoms with Crippen molar-refractivity contribution in [2.45, 2.75) is 0 Å². The van der Waals surface area contributed by atoms with Crippen LogP contribution in [0.3, 0.4) is 0 Å². The summed E-state index contributed by atoms with van der Waals surface area (Å²) in [4.78, 5) is 0. The maximum Gasteiger partial charge on any atom is 0.135 e. The van der Waals surface area contributed by atoms with E-state index in [1.807, 2.05) is 0 Å². The normalized spacial score (nSPS) is 10.4. The minimum atomic E-state index is -0.383. The van der Waals surface area contributed by atoms with Crippen LogP contribution in [-0.4, -0.2) is 5.11 Å². The highest BCUT2D eigenvalue weighted by atomic mass is 35.5. The molecule has 0 heterocycles. The summed E-state index contributed by atoms with van der Waals surface area (Å²) in [5.41, 5.74) is 0.817. The number of halogens is 3. The second-order valence-electron chi connectivity index (χ2n) is 3.26. The summed E-state index contributed by atoms with van der Waals surface area (Å²) in [7, 11) is 0. The van der Waals surface area contributed by atoms with Crippen molar-refractivity contribution < 1.29 is 9.50 Å². The van der Waals surface area contributed by atoms with E-state index in [1.54, 1.807) is 18.2 Å². The summed E-state index contributed by atoms with van der Waals surface area (Å²) in [6.07, 6.45) is 0. The van der Waals surface area contributed by atoms with Gasteiger partial charge in [-0.3, -0.25) is 0 Å². The lowest BCUT2D eigenvalue weighted by molar-refractivity contribution is 0.475. The minimum Gasteiger partial charge on any atom is -0.506 e. The monoisotopic (exact) mass is 256 g/mol. The first-order valence-corrected chi connectivity index (χ1v) is 5.28. The Kier molecular flexibility index (Phi) is 3.03. The fraction of sp³-hybridized carbons (Fsp3) is 0. The van der Waals surface area contributed by atoms with Crippen molar-refractivity contribution in [1.29, 1.82) is 0 Å². The molecule has 0 fully saturated rings. The van der Waals surface area contributed by atoms with Gasteiger partial charge in [-0.05, 0) is 12.1 Å². The molecule has 0 saturated heterocycles. The van der Waals surface area contributed by atoms with Crippen LogP contribution in [0.15, 0.2) is 36.4 Å². The average Bonchev–Trinajstić information content (AvgIpc) is 2.25. The lowest BCUT2D eigenvalue weighted by atomic mass is 10.1. The van der Waals surface area contributed by atoms with Crippen LogP contribution in [0.5, 0.6) is 5.75 Å². The van der Waals surface area contributed by atoms with E-state index in [1.165, 1.54) is 18.2 Å². The summed E-state index contributed by atoms with van der Waals surface area (Å²) in [5.74, 6) is -0.502. The van der Waals surface area contributed by atoms with Gasteiger partial charge in [-0.2, -0.15) is 0 Å². The zero-order valence-corrected chi connectivity index (χ0v) is 9.56. The lowest BCUT2D eigenvalue weighted by Crippen LogP contribution is -1.85. The molecule has 4 heteroatoms. The van der Waals surface area contributed by atoms with Gasteiger partial charge in [0, 0.05) is 17.2 Å². The third-order valence-corrected chi connectivity index (χ3v) is 2.82. The molecular formula is C12H7Cl2FO. The van der Waals surface area contributed by atoms with E-state index < -0.39 is 0 Å². The van der Waals surface area contributed by atoms with Gasteiger partial charge in [0.25, 0.3) is 0 Å². The molecule has 0 atom stereocenters. The van der Waals surface area contributed by atoms with E-state index >= 15 is 0 Å². The molecular weight excluding hydrogens is 250 g/mol. The highest BCUT2D eigenvalue weighted by Gasteiger charge is 2.11. The van der Waals surface area contributed by atoms with Crippen molar-refractivity contribution in [1.82, 2.24) is 0 Å². The van der Waals surface area contributed by atoms with Gasteiger partial charge in [0.05, 0.1) is 10.0 Å². The molecule has 0 aromatic heterocycles. The van der Waals surface area contributed by atoms with Gasteiger partial charge in [0.1, 0.15) is 11.6 Å². The number of aromatic hydroxyl groups is 1. The largest absolute Gasteiger partial charge is 0.506 e. The highest BCUT2D eigenvalue weighted by Crippen LogP contribution is 2.36. The molecule has 0 aliphatic carbocycles. The Morgan fingerprint density at radius 2 is 1.62 bits per heavy atom. The van der Waals surface area contributed by atoms with Crippen LogP contribution in [-0.2, 0) is 0 Å². The second-order valence-corrected chi connectivity index (χ2v) is 4.08. The summed E-state index contributed by atoms with van der Waals surface area (Å²) < 4.78 is 13.5. The zero-order chi connectivity index (χ0) is 11.7. The van der Waals surface area contributed by atoms with E-state index in [0.29, 0.717) is 11.1 Å². The van der Waals surface area contributed by atoms with E-state index in [-0.39, 0.29) is 21.6 Å². The molecule has 0 aliphatic rings. The topological polar surface area (TPSA) is 20.2 Å². The molecule has 0 saturated carbocycles. The maximum atomic E-state index is 13.5. The van der Waals surface area contributed by atoms with Crippen LogP contribution in [0.4, 0.5) is 4.39 Å². The molecule has 0 aliphatic heterocycles. The van der Waals surface area contributed by atoms with Crippen LogP contribution in [0, 0.1) is 5.82 Å². The molecule has 16 heavy (non-hydrogen) atoms. The molecule has 0 spiro atoms. The van der Waals surface area contributed by atoms with Gasteiger partial charge in [-0.15, -0.1) is 0 Å². The number of phenolic OH excluding ortho intramolecular Hbond substituents is 1. The van der Waals surface area contributed by atoms with Crippen LogP contribution in [0.2, 0.25) is 10.0 Å². The van der Waals surface area contributed by atoms with Gasteiger partial charge in [0.2, 0.25) is 0 Å². The fourth-order valence-corrected chi connectivity index (χ4v) is 1.85. The Balaban J connectivity index is 2.65. The molecule has 2 aromatic rings. The Hall–Kier alpha value is -1.25. The van der Waals surface area contributed by atoms with E-state index in [0.717, 1.165) is 0 Å². The quantitative estimate of drug-likeness (QED) is 0.797. The summed E-state index contributed by atoms with van der Waals surface area (Å²) in [5, 5.41) is 9.73. The maximum absolute atomic E-state index is 13.5. The van der Waals surface area contributed by atoms with Gasteiger partial charge in [-0.25, -0.2) is 4.39 Å². The van der Waals surface area contributed by atoms with E-state index in [2.05, 4.69) is 0 Å². The number of hydrogen-bond donors (Lipinski definition) is 1. The predicted molar refractivity (Wildman–Crippen MR) is 63.5 cm³/mol. The van der Waals surface area contributed by atoms with Gasteiger partial charge in [-0.1, -0.05) is 41.4 Å². The lowest BCUT2D eigenvalue weighted by Gasteiger charge is -2.07. The summed E-state index contributed by atoms with van der Waals surface area (Å²) in [6, 6.07) is 8.98. The van der Waals surface area contributed by atoms with Gasteiger partial charge >= 0.3 is 0 Å². The molecule has 2 aromatic carbocycles. The predicted octanol–water partition coefficient (Wildman–Crippen LogP) is 4.51. The second kappa shape index (κ2) is 4.32. The number of rotatable bonds is 1. The molecule has 0 radical (unpaired) electrons. The van der Waals surface area contributed by atoms with Crippen LogP contribution < -0.4 is 0 Å². The van der Waals surface area contributed by atoms with Crippen molar-refractivity contribution in [3.05, 3.63) is 52.3 Å². The number of hydrogen-bond acceptors (Lipinski definition) is 1. The molecule has 2 rings (SSSR count). The molecule has 0 unspecified atom stereocenters. The first kappa shape index (κ1) is 11.2. The Morgan fingerprint density at radius 1 is 0.938 bits per heavy atom. The standard InChI is InChI=1S/C12H7Cl2FO/c13-9-6-12(16)10(14)5-8(9)7-3-1-2-4-11(7)15/h1-6,16H. The average molecular weight is 257 g/mol. The van der Waals surface area contributed by atoms with Gasteiger partial charge < -0.3 is 5.11 Å². The SMILES string of the molecule is Oc1cc(Cl)c(-c2ccccc2F)cc1Cl. The van der Waals surface area contributed by atoms with E-state index in [4.69, 9.17) is 23.2 Å². The fourth-order valence-electron chi connectivity index (χ4n) is 1.42.